The van der Waals surface area contributed by atoms with E-state index in [0.29, 0.717) is 25.6 Å². The summed E-state index contributed by atoms with van der Waals surface area (Å²) in [5.41, 5.74) is 4.95. The molecule has 0 spiro atoms. The highest BCUT2D eigenvalue weighted by molar-refractivity contribution is 5.67. The van der Waals surface area contributed by atoms with Crippen LogP contribution in [0, 0.1) is 5.92 Å². The second-order valence-corrected chi connectivity index (χ2v) is 6.57. The molecule has 0 aromatic carbocycles. The predicted molar refractivity (Wildman–Crippen MR) is 83.3 cm³/mol. The number of nitrogens with zero attached hydrogens (tertiary/aromatic N) is 1. The van der Waals surface area contributed by atoms with Crippen LogP contribution in [-0.2, 0) is 9.47 Å². The van der Waals surface area contributed by atoms with Crippen molar-refractivity contribution >= 4 is 6.09 Å². The van der Waals surface area contributed by atoms with Gasteiger partial charge in [-0.2, -0.15) is 0 Å². The zero-order valence-corrected chi connectivity index (χ0v) is 13.7. The van der Waals surface area contributed by atoms with Crippen molar-refractivity contribution in [1.29, 1.82) is 0 Å². The van der Waals surface area contributed by atoms with Crippen LogP contribution in [0.3, 0.4) is 0 Å². The van der Waals surface area contributed by atoms with Crippen molar-refractivity contribution in [3.05, 3.63) is 0 Å². The highest BCUT2D eigenvalue weighted by Crippen LogP contribution is 2.16. The summed E-state index contributed by atoms with van der Waals surface area (Å²) < 4.78 is 10.6. The third-order valence-corrected chi connectivity index (χ3v) is 3.46. The maximum absolute atomic E-state index is 11.6. The highest BCUT2D eigenvalue weighted by atomic mass is 16.6. The molecule has 1 aliphatic rings. The van der Waals surface area contributed by atoms with Gasteiger partial charge in [-0.05, 0) is 52.6 Å². The summed E-state index contributed by atoms with van der Waals surface area (Å²) in [6.45, 7) is 11.4. The Labute approximate surface area is 128 Å². The molecule has 0 atom stereocenters. The number of piperidine rings is 1. The fourth-order valence-corrected chi connectivity index (χ4v) is 2.34. The molecule has 1 heterocycles. The standard InChI is InChI=1S/C15H31N3O3/c1-15(2,3)21-14(19)17-12-13-4-7-18(8-5-13)9-11-20-10-6-16/h13H,4-12,16H2,1-3H3,(H,17,19). The lowest BCUT2D eigenvalue weighted by Crippen LogP contribution is -2.41. The molecule has 0 unspecified atom stereocenters. The first kappa shape index (κ1) is 18.2. The van der Waals surface area contributed by atoms with Gasteiger partial charge in [-0.1, -0.05) is 0 Å². The van der Waals surface area contributed by atoms with Crippen molar-refractivity contribution in [3.63, 3.8) is 0 Å². The normalized spacial score (nSPS) is 17.7. The molecule has 0 saturated carbocycles. The molecular weight excluding hydrogens is 270 g/mol. The average Bonchev–Trinajstić information content (AvgIpc) is 2.41. The lowest BCUT2D eigenvalue weighted by Gasteiger charge is -2.32. The zero-order valence-electron chi connectivity index (χ0n) is 13.7. The molecule has 1 rings (SSSR count). The number of rotatable bonds is 7. The first-order valence-electron chi connectivity index (χ1n) is 7.87. The number of likely N-dealkylation sites (tertiary alicyclic amines) is 1. The quantitative estimate of drug-likeness (QED) is 0.691. The minimum atomic E-state index is -0.434. The molecule has 1 saturated heterocycles. The van der Waals surface area contributed by atoms with Gasteiger partial charge >= 0.3 is 6.09 Å². The molecule has 1 amide bonds. The summed E-state index contributed by atoms with van der Waals surface area (Å²) in [4.78, 5) is 14.0. The summed E-state index contributed by atoms with van der Waals surface area (Å²) in [6.07, 6.45) is 1.89. The highest BCUT2D eigenvalue weighted by Gasteiger charge is 2.21. The molecule has 124 valence electrons. The minimum Gasteiger partial charge on any atom is -0.444 e. The predicted octanol–water partition coefficient (Wildman–Crippen LogP) is 1.20. The number of nitrogens with one attached hydrogen (secondary N) is 1. The van der Waals surface area contributed by atoms with Crippen LogP contribution >= 0.6 is 0 Å². The SMILES string of the molecule is CC(C)(C)OC(=O)NCC1CCN(CCOCCN)CC1. The van der Waals surface area contributed by atoms with E-state index in [1.807, 2.05) is 20.8 Å². The monoisotopic (exact) mass is 301 g/mol. The molecular formula is C15H31N3O3. The zero-order chi connectivity index (χ0) is 15.7. The van der Waals surface area contributed by atoms with Crippen molar-refractivity contribution < 1.29 is 14.3 Å². The van der Waals surface area contributed by atoms with E-state index in [9.17, 15) is 4.79 Å². The van der Waals surface area contributed by atoms with Gasteiger partial charge in [0.05, 0.1) is 13.2 Å². The van der Waals surface area contributed by atoms with Crippen LogP contribution in [0.25, 0.3) is 0 Å². The maximum atomic E-state index is 11.6. The number of hydrogen-bond donors (Lipinski definition) is 2. The van der Waals surface area contributed by atoms with Crippen molar-refractivity contribution in [2.45, 2.75) is 39.2 Å². The molecule has 3 N–H and O–H groups in total. The summed E-state index contributed by atoms with van der Waals surface area (Å²) in [7, 11) is 0. The summed E-state index contributed by atoms with van der Waals surface area (Å²) in [6, 6.07) is 0. The van der Waals surface area contributed by atoms with Gasteiger partial charge in [0.2, 0.25) is 0 Å². The summed E-state index contributed by atoms with van der Waals surface area (Å²) in [5, 5.41) is 2.87. The summed E-state index contributed by atoms with van der Waals surface area (Å²) >= 11 is 0. The van der Waals surface area contributed by atoms with Crippen LogP contribution < -0.4 is 11.1 Å². The van der Waals surface area contributed by atoms with Crippen LogP contribution in [0.2, 0.25) is 0 Å². The van der Waals surface area contributed by atoms with E-state index in [4.69, 9.17) is 15.2 Å². The Morgan fingerprint density at radius 2 is 1.95 bits per heavy atom. The summed E-state index contributed by atoms with van der Waals surface area (Å²) in [5.74, 6) is 0.540. The van der Waals surface area contributed by atoms with E-state index in [-0.39, 0.29) is 6.09 Å². The van der Waals surface area contributed by atoms with Crippen LogP contribution in [0.15, 0.2) is 0 Å². The largest absolute Gasteiger partial charge is 0.444 e. The Bertz CT molecular complexity index is 297. The average molecular weight is 301 g/mol. The Hall–Kier alpha value is -0.850. The van der Waals surface area contributed by atoms with Gasteiger partial charge in [0.15, 0.2) is 0 Å². The first-order chi connectivity index (χ1) is 9.90. The van der Waals surface area contributed by atoms with Crippen LogP contribution in [0.1, 0.15) is 33.6 Å². The van der Waals surface area contributed by atoms with E-state index < -0.39 is 5.60 Å². The topological polar surface area (TPSA) is 76.8 Å². The minimum absolute atomic E-state index is 0.319. The second-order valence-electron chi connectivity index (χ2n) is 6.57. The van der Waals surface area contributed by atoms with E-state index in [1.54, 1.807) is 0 Å². The van der Waals surface area contributed by atoms with E-state index in [1.165, 1.54) is 0 Å². The number of carbonyl (C=O) groups excluding carboxylic acids is 1. The molecule has 21 heavy (non-hydrogen) atoms. The van der Waals surface area contributed by atoms with E-state index in [0.717, 1.165) is 39.1 Å². The van der Waals surface area contributed by atoms with Crippen LogP contribution in [-0.4, -0.2) is 62.5 Å². The molecule has 1 fully saturated rings. The van der Waals surface area contributed by atoms with E-state index in [2.05, 4.69) is 10.2 Å². The first-order valence-corrected chi connectivity index (χ1v) is 7.87. The Balaban J connectivity index is 2.09. The Morgan fingerprint density at radius 1 is 1.29 bits per heavy atom. The molecule has 0 bridgehead atoms. The number of alkyl carbamates (subject to hydrolysis) is 1. The maximum Gasteiger partial charge on any atom is 0.407 e. The van der Waals surface area contributed by atoms with Gasteiger partial charge in [0.25, 0.3) is 0 Å². The van der Waals surface area contributed by atoms with Crippen molar-refractivity contribution in [3.8, 4) is 0 Å². The number of carbonyl (C=O) groups is 1. The third-order valence-electron chi connectivity index (χ3n) is 3.46. The van der Waals surface area contributed by atoms with Gasteiger partial charge in [0.1, 0.15) is 5.60 Å². The van der Waals surface area contributed by atoms with Crippen molar-refractivity contribution in [2.75, 3.05) is 45.9 Å². The molecule has 0 aromatic heterocycles. The number of ether oxygens (including phenoxy) is 2. The molecule has 6 heteroatoms. The van der Waals surface area contributed by atoms with Gasteiger partial charge in [0, 0.05) is 19.6 Å². The van der Waals surface area contributed by atoms with Gasteiger partial charge in [-0.15, -0.1) is 0 Å². The molecule has 0 aliphatic carbocycles. The second kappa shape index (κ2) is 9.23. The smallest absolute Gasteiger partial charge is 0.407 e. The number of hydrogen-bond acceptors (Lipinski definition) is 5. The number of amides is 1. The fourth-order valence-electron chi connectivity index (χ4n) is 2.34. The Kier molecular flexibility index (Phi) is 8.00. The van der Waals surface area contributed by atoms with E-state index >= 15 is 0 Å². The third kappa shape index (κ3) is 8.90. The lowest BCUT2D eigenvalue weighted by atomic mass is 9.97. The Morgan fingerprint density at radius 3 is 2.52 bits per heavy atom. The molecule has 1 aliphatic heterocycles. The van der Waals surface area contributed by atoms with Gasteiger partial charge in [-0.25, -0.2) is 4.79 Å². The van der Waals surface area contributed by atoms with Crippen LogP contribution in [0.5, 0.6) is 0 Å². The van der Waals surface area contributed by atoms with Crippen LogP contribution in [0.4, 0.5) is 4.79 Å². The number of nitrogens with two attached hydrogens (primary N) is 1. The van der Waals surface area contributed by atoms with Gasteiger partial charge in [-0.3, -0.25) is 0 Å². The van der Waals surface area contributed by atoms with Crippen molar-refractivity contribution in [1.82, 2.24) is 10.2 Å². The molecule has 0 radical (unpaired) electrons. The van der Waals surface area contributed by atoms with Crippen molar-refractivity contribution in [2.24, 2.45) is 11.7 Å². The molecule has 0 aromatic rings. The fraction of sp³-hybridized carbons (Fsp3) is 0.933. The lowest BCUT2D eigenvalue weighted by molar-refractivity contribution is 0.0505. The van der Waals surface area contributed by atoms with Gasteiger partial charge < -0.3 is 25.4 Å². The molecule has 6 nitrogen and oxygen atoms in total.